The van der Waals surface area contributed by atoms with Crippen molar-refractivity contribution in [1.29, 1.82) is 0 Å². The van der Waals surface area contributed by atoms with E-state index in [9.17, 15) is 0 Å². The Kier molecular flexibility index (Phi) is 4.71. The standard InChI is InChI=1S/C16H25ClN2S/c1-2-18-15(14-13(17)7-12-20-14)16(8-3-4-9-16)19-10-5-6-11-19/h7,12,15,18H,2-6,8-11H2,1H3. The Morgan fingerprint density at radius 2 is 2.00 bits per heavy atom. The average Bonchev–Trinajstić information content (AvgIpc) is 3.18. The molecule has 1 saturated carbocycles. The lowest BCUT2D eigenvalue weighted by Crippen LogP contribution is -2.53. The minimum absolute atomic E-state index is 0.307. The lowest BCUT2D eigenvalue weighted by molar-refractivity contribution is 0.0785. The maximum Gasteiger partial charge on any atom is 0.0616 e. The summed E-state index contributed by atoms with van der Waals surface area (Å²) in [5, 5.41) is 6.85. The van der Waals surface area contributed by atoms with Crippen molar-refractivity contribution in [3.05, 3.63) is 21.3 Å². The highest BCUT2D eigenvalue weighted by Gasteiger charge is 2.47. The van der Waals surface area contributed by atoms with Crippen LogP contribution in [0.5, 0.6) is 0 Å². The van der Waals surface area contributed by atoms with Gasteiger partial charge in [0.15, 0.2) is 0 Å². The summed E-state index contributed by atoms with van der Waals surface area (Å²) in [5.74, 6) is 0. The van der Waals surface area contributed by atoms with E-state index < -0.39 is 0 Å². The van der Waals surface area contributed by atoms with Crippen LogP contribution in [0.25, 0.3) is 0 Å². The molecule has 0 spiro atoms. The van der Waals surface area contributed by atoms with Gasteiger partial charge in [-0.2, -0.15) is 0 Å². The molecular formula is C16H25ClN2S. The zero-order chi connectivity index (χ0) is 14.0. The quantitative estimate of drug-likeness (QED) is 0.863. The first-order valence-corrected chi connectivity index (χ1v) is 9.25. The van der Waals surface area contributed by atoms with E-state index in [1.165, 1.54) is 56.5 Å². The molecule has 20 heavy (non-hydrogen) atoms. The van der Waals surface area contributed by atoms with Crippen LogP contribution in [0.15, 0.2) is 11.4 Å². The molecule has 2 aliphatic rings. The Hall–Kier alpha value is -0.0900. The molecule has 0 radical (unpaired) electrons. The molecule has 1 N–H and O–H groups in total. The number of nitrogens with one attached hydrogen (secondary N) is 1. The summed E-state index contributed by atoms with van der Waals surface area (Å²) in [6.07, 6.45) is 8.08. The van der Waals surface area contributed by atoms with Crippen LogP contribution in [-0.4, -0.2) is 30.1 Å². The molecule has 1 aliphatic carbocycles. The van der Waals surface area contributed by atoms with Gasteiger partial charge in [0.1, 0.15) is 0 Å². The lowest BCUT2D eigenvalue weighted by atomic mass is 9.85. The van der Waals surface area contributed by atoms with Crippen LogP contribution in [0, 0.1) is 0 Å². The monoisotopic (exact) mass is 312 g/mol. The fourth-order valence-corrected chi connectivity index (χ4v) is 5.53. The van der Waals surface area contributed by atoms with Gasteiger partial charge in [0.2, 0.25) is 0 Å². The van der Waals surface area contributed by atoms with Crippen LogP contribution in [0.4, 0.5) is 0 Å². The number of likely N-dealkylation sites (tertiary alicyclic amines) is 1. The van der Waals surface area contributed by atoms with Gasteiger partial charge in [-0.1, -0.05) is 31.4 Å². The normalized spacial score (nSPS) is 24.3. The van der Waals surface area contributed by atoms with Gasteiger partial charge in [0.25, 0.3) is 0 Å². The van der Waals surface area contributed by atoms with Gasteiger partial charge in [0, 0.05) is 10.4 Å². The van der Waals surface area contributed by atoms with Gasteiger partial charge in [0.05, 0.1) is 11.1 Å². The number of halogens is 1. The third kappa shape index (κ3) is 2.54. The number of likely N-dealkylation sites (N-methyl/N-ethyl adjacent to an activating group) is 1. The highest BCUT2D eigenvalue weighted by molar-refractivity contribution is 7.10. The van der Waals surface area contributed by atoms with Crippen molar-refractivity contribution >= 4 is 22.9 Å². The third-order valence-corrected chi connectivity index (χ3v) is 6.48. The van der Waals surface area contributed by atoms with Crippen LogP contribution in [-0.2, 0) is 0 Å². The average molecular weight is 313 g/mol. The van der Waals surface area contributed by atoms with Crippen molar-refractivity contribution in [3.63, 3.8) is 0 Å². The SMILES string of the molecule is CCNC(c1sccc1Cl)C1(N2CCCC2)CCCC1. The van der Waals surface area contributed by atoms with E-state index in [2.05, 4.69) is 28.6 Å². The Bertz CT molecular complexity index is 433. The van der Waals surface area contributed by atoms with Gasteiger partial charge in [-0.15, -0.1) is 11.3 Å². The summed E-state index contributed by atoms with van der Waals surface area (Å²) in [7, 11) is 0. The highest BCUT2D eigenvalue weighted by atomic mass is 35.5. The minimum atomic E-state index is 0.307. The fourth-order valence-electron chi connectivity index (χ4n) is 4.18. The molecule has 0 bridgehead atoms. The van der Waals surface area contributed by atoms with E-state index in [4.69, 9.17) is 11.6 Å². The minimum Gasteiger partial charge on any atom is -0.308 e. The van der Waals surface area contributed by atoms with Crippen molar-refractivity contribution in [2.24, 2.45) is 0 Å². The molecule has 1 aliphatic heterocycles. The second-order valence-corrected chi connectivity index (χ2v) is 7.48. The summed E-state index contributed by atoms with van der Waals surface area (Å²) in [4.78, 5) is 4.12. The Balaban J connectivity index is 1.96. The fraction of sp³-hybridized carbons (Fsp3) is 0.750. The Labute approximate surface area is 131 Å². The van der Waals surface area contributed by atoms with Gasteiger partial charge in [-0.05, 0) is 56.8 Å². The predicted molar refractivity (Wildman–Crippen MR) is 87.8 cm³/mol. The number of nitrogens with zero attached hydrogens (tertiary/aromatic N) is 1. The van der Waals surface area contributed by atoms with Crippen LogP contribution in [0.2, 0.25) is 5.02 Å². The van der Waals surface area contributed by atoms with E-state index in [0.717, 1.165) is 11.6 Å². The zero-order valence-electron chi connectivity index (χ0n) is 12.3. The topological polar surface area (TPSA) is 15.3 Å². The van der Waals surface area contributed by atoms with Crippen molar-refractivity contribution in [2.75, 3.05) is 19.6 Å². The van der Waals surface area contributed by atoms with E-state index in [0.29, 0.717) is 11.6 Å². The molecule has 0 aromatic carbocycles. The molecule has 2 fully saturated rings. The van der Waals surface area contributed by atoms with Crippen molar-refractivity contribution in [1.82, 2.24) is 10.2 Å². The molecule has 3 rings (SSSR count). The van der Waals surface area contributed by atoms with Crippen LogP contribution >= 0.6 is 22.9 Å². The van der Waals surface area contributed by atoms with E-state index in [-0.39, 0.29) is 0 Å². The summed E-state index contributed by atoms with van der Waals surface area (Å²) < 4.78 is 0. The molecule has 1 atom stereocenters. The van der Waals surface area contributed by atoms with E-state index >= 15 is 0 Å². The molecule has 112 valence electrons. The first kappa shape index (κ1) is 14.8. The summed E-state index contributed by atoms with van der Waals surface area (Å²) >= 11 is 8.29. The Morgan fingerprint density at radius 1 is 1.30 bits per heavy atom. The molecule has 0 amide bonds. The molecule has 2 nitrogen and oxygen atoms in total. The molecular weight excluding hydrogens is 288 g/mol. The first-order chi connectivity index (χ1) is 9.78. The van der Waals surface area contributed by atoms with E-state index in [1.807, 2.05) is 11.3 Å². The number of rotatable bonds is 5. The summed E-state index contributed by atoms with van der Waals surface area (Å²) in [5.41, 5.74) is 0.307. The maximum atomic E-state index is 6.47. The molecule has 1 aromatic heterocycles. The largest absolute Gasteiger partial charge is 0.308 e. The predicted octanol–water partition coefficient (Wildman–Crippen LogP) is 4.46. The summed E-state index contributed by atoms with van der Waals surface area (Å²) in [6.45, 7) is 5.76. The van der Waals surface area contributed by atoms with Crippen molar-refractivity contribution < 1.29 is 0 Å². The van der Waals surface area contributed by atoms with Crippen LogP contribution < -0.4 is 5.32 Å². The third-order valence-electron chi connectivity index (χ3n) is 5.06. The molecule has 2 heterocycles. The van der Waals surface area contributed by atoms with Crippen LogP contribution in [0.1, 0.15) is 56.4 Å². The number of thiophene rings is 1. The van der Waals surface area contributed by atoms with Crippen molar-refractivity contribution in [2.45, 2.75) is 57.0 Å². The molecule has 4 heteroatoms. The second-order valence-electron chi connectivity index (χ2n) is 6.13. The maximum absolute atomic E-state index is 6.47. The number of hydrogen-bond donors (Lipinski definition) is 1. The number of hydrogen-bond acceptors (Lipinski definition) is 3. The van der Waals surface area contributed by atoms with Gasteiger partial charge in [-0.3, -0.25) is 4.90 Å². The zero-order valence-corrected chi connectivity index (χ0v) is 13.9. The highest BCUT2D eigenvalue weighted by Crippen LogP contribution is 2.48. The Morgan fingerprint density at radius 3 is 2.55 bits per heavy atom. The van der Waals surface area contributed by atoms with Gasteiger partial charge in [-0.25, -0.2) is 0 Å². The summed E-state index contributed by atoms with van der Waals surface area (Å²) in [6, 6.07) is 2.46. The molecule has 1 unspecified atom stereocenters. The van der Waals surface area contributed by atoms with Gasteiger partial charge >= 0.3 is 0 Å². The smallest absolute Gasteiger partial charge is 0.0616 e. The van der Waals surface area contributed by atoms with Gasteiger partial charge < -0.3 is 5.32 Å². The first-order valence-electron chi connectivity index (χ1n) is 7.99. The van der Waals surface area contributed by atoms with E-state index in [1.54, 1.807) is 0 Å². The van der Waals surface area contributed by atoms with Crippen molar-refractivity contribution in [3.8, 4) is 0 Å². The molecule has 1 saturated heterocycles. The molecule has 1 aromatic rings. The van der Waals surface area contributed by atoms with Crippen LogP contribution in [0.3, 0.4) is 0 Å². The lowest BCUT2D eigenvalue weighted by Gasteiger charge is -2.45. The second kappa shape index (κ2) is 6.35.